The lowest BCUT2D eigenvalue weighted by atomic mass is 9.49. The molecule has 4 aliphatic carbocycles. The second-order valence-electron chi connectivity index (χ2n) is 8.23. The number of anilines is 1. The van der Waals surface area contributed by atoms with Crippen molar-refractivity contribution < 1.29 is 4.79 Å². The highest BCUT2D eigenvalue weighted by Crippen LogP contribution is 2.60. The number of carbonyl (C=O) groups is 1. The molecule has 4 saturated carbocycles. The molecule has 5 heteroatoms. The van der Waals surface area contributed by atoms with Gasteiger partial charge in [-0.2, -0.15) is 0 Å². The van der Waals surface area contributed by atoms with E-state index in [1.54, 1.807) is 6.33 Å². The van der Waals surface area contributed by atoms with Crippen molar-refractivity contribution in [1.29, 1.82) is 0 Å². The van der Waals surface area contributed by atoms with Crippen LogP contribution < -0.4 is 10.6 Å². The Labute approximate surface area is 136 Å². The zero-order valence-corrected chi connectivity index (χ0v) is 13.5. The molecule has 1 amide bonds. The van der Waals surface area contributed by atoms with Crippen LogP contribution in [0, 0.1) is 23.2 Å². The standard InChI is InChI=1S/C18H24N4O/c23-17(18-6-11-3-12(7-18)5-13(4-11)8-18)22-16-14-1-2-19-9-15(14)20-10-21-16/h10-13,19H,1-9H2,(H,20,21,22,23). The van der Waals surface area contributed by atoms with Gasteiger partial charge >= 0.3 is 0 Å². The number of amides is 1. The van der Waals surface area contributed by atoms with Crippen LogP contribution in [0.5, 0.6) is 0 Å². The molecule has 4 fully saturated rings. The Morgan fingerprint density at radius 2 is 1.83 bits per heavy atom. The molecule has 2 N–H and O–H groups in total. The summed E-state index contributed by atoms with van der Waals surface area (Å²) >= 11 is 0. The molecule has 0 spiro atoms. The molecule has 0 aromatic carbocycles. The smallest absolute Gasteiger partial charge is 0.231 e. The van der Waals surface area contributed by atoms with E-state index in [2.05, 4.69) is 20.6 Å². The van der Waals surface area contributed by atoms with Gasteiger partial charge in [-0.25, -0.2) is 9.97 Å². The predicted molar refractivity (Wildman–Crippen MR) is 86.7 cm³/mol. The molecule has 23 heavy (non-hydrogen) atoms. The zero-order chi connectivity index (χ0) is 15.4. The third-order valence-electron chi connectivity index (χ3n) is 6.63. The topological polar surface area (TPSA) is 66.9 Å². The number of aromatic nitrogens is 2. The summed E-state index contributed by atoms with van der Waals surface area (Å²) in [7, 11) is 0. The first-order valence-corrected chi connectivity index (χ1v) is 9.07. The van der Waals surface area contributed by atoms with E-state index in [1.807, 2.05) is 0 Å². The van der Waals surface area contributed by atoms with E-state index >= 15 is 0 Å². The van der Waals surface area contributed by atoms with Crippen LogP contribution in [0.3, 0.4) is 0 Å². The SMILES string of the molecule is O=C(Nc1ncnc2c1CCNC2)C12CC3CC(CC(C3)C1)C2. The Morgan fingerprint density at radius 1 is 1.13 bits per heavy atom. The van der Waals surface area contributed by atoms with Gasteiger partial charge in [-0.05, 0) is 69.2 Å². The maximum atomic E-state index is 13.2. The molecular formula is C18H24N4O. The molecule has 1 aromatic heterocycles. The highest BCUT2D eigenvalue weighted by molar-refractivity contribution is 5.95. The fraction of sp³-hybridized carbons (Fsp3) is 0.722. The third kappa shape index (κ3) is 2.20. The monoisotopic (exact) mass is 312 g/mol. The number of fused-ring (bicyclic) bond motifs is 1. The number of carbonyl (C=O) groups excluding carboxylic acids is 1. The molecule has 122 valence electrons. The van der Waals surface area contributed by atoms with Crippen LogP contribution in [-0.2, 0) is 17.8 Å². The van der Waals surface area contributed by atoms with Crippen LogP contribution >= 0.6 is 0 Å². The average Bonchev–Trinajstić information content (AvgIpc) is 2.54. The van der Waals surface area contributed by atoms with E-state index < -0.39 is 0 Å². The molecule has 1 aliphatic heterocycles. The largest absolute Gasteiger partial charge is 0.311 e. The zero-order valence-electron chi connectivity index (χ0n) is 13.5. The van der Waals surface area contributed by atoms with Gasteiger partial charge in [-0.1, -0.05) is 0 Å². The van der Waals surface area contributed by atoms with E-state index in [-0.39, 0.29) is 11.3 Å². The van der Waals surface area contributed by atoms with Crippen LogP contribution in [0.25, 0.3) is 0 Å². The Morgan fingerprint density at radius 3 is 2.52 bits per heavy atom. The van der Waals surface area contributed by atoms with E-state index in [4.69, 9.17) is 0 Å². The maximum Gasteiger partial charge on any atom is 0.231 e. The Hall–Kier alpha value is -1.49. The number of nitrogens with zero attached hydrogens (tertiary/aromatic N) is 2. The third-order valence-corrected chi connectivity index (χ3v) is 6.63. The van der Waals surface area contributed by atoms with Crippen molar-refractivity contribution in [3.63, 3.8) is 0 Å². The molecule has 6 rings (SSSR count). The summed E-state index contributed by atoms with van der Waals surface area (Å²) in [5, 5.41) is 6.54. The van der Waals surface area contributed by atoms with E-state index in [0.717, 1.165) is 73.6 Å². The minimum Gasteiger partial charge on any atom is -0.311 e. The van der Waals surface area contributed by atoms with Crippen molar-refractivity contribution in [2.75, 3.05) is 11.9 Å². The number of nitrogens with one attached hydrogen (secondary N) is 2. The highest BCUT2D eigenvalue weighted by Gasteiger charge is 2.54. The Balaban J connectivity index is 1.42. The van der Waals surface area contributed by atoms with Gasteiger partial charge in [0.25, 0.3) is 0 Å². The van der Waals surface area contributed by atoms with Gasteiger partial charge in [0.05, 0.1) is 11.1 Å². The van der Waals surface area contributed by atoms with Crippen LogP contribution in [0.15, 0.2) is 6.33 Å². The van der Waals surface area contributed by atoms with Gasteiger partial charge in [-0.3, -0.25) is 4.79 Å². The van der Waals surface area contributed by atoms with Gasteiger partial charge in [0.15, 0.2) is 0 Å². The van der Waals surface area contributed by atoms with Crippen LogP contribution in [0.1, 0.15) is 49.8 Å². The number of hydrogen-bond acceptors (Lipinski definition) is 4. The minimum atomic E-state index is -0.112. The lowest BCUT2D eigenvalue weighted by molar-refractivity contribution is -0.140. The Bertz CT molecular complexity index is 621. The Kier molecular flexibility index (Phi) is 3.02. The van der Waals surface area contributed by atoms with Gasteiger partial charge in [0.2, 0.25) is 5.91 Å². The normalized spacial score (nSPS) is 37.5. The molecule has 1 aromatic rings. The van der Waals surface area contributed by atoms with Gasteiger partial charge in [-0.15, -0.1) is 0 Å². The second kappa shape index (κ2) is 5.00. The van der Waals surface area contributed by atoms with Crippen molar-refractivity contribution in [3.8, 4) is 0 Å². The summed E-state index contributed by atoms with van der Waals surface area (Å²) in [4.78, 5) is 21.9. The molecule has 0 saturated heterocycles. The van der Waals surface area contributed by atoms with Gasteiger partial charge in [0, 0.05) is 12.1 Å². The molecule has 2 heterocycles. The molecule has 0 unspecified atom stereocenters. The quantitative estimate of drug-likeness (QED) is 0.879. The van der Waals surface area contributed by atoms with Crippen LogP contribution in [0.2, 0.25) is 0 Å². The van der Waals surface area contributed by atoms with Crippen molar-refractivity contribution in [3.05, 3.63) is 17.6 Å². The molecule has 4 bridgehead atoms. The van der Waals surface area contributed by atoms with Crippen molar-refractivity contribution >= 4 is 11.7 Å². The maximum absolute atomic E-state index is 13.2. The van der Waals surface area contributed by atoms with Crippen molar-refractivity contribution in [1.82, 2.24) is 15.3 Å². The van der Waals surface area contributed by atoms with Crippen molar-refractivity contribution in [2.24, 2.45) is 23.2 Å². The summed E-state index contributed by atoms with van der Waals surface area (Å²) < 4.78 is 0. The first kappa shape index (κ1) is 13.9. The number of rotatable bonds is 2. The van der Waals surface area contributed by atoms with E-state index in [0.29, 0.717) is 0 Å². The van der Waals surface area contributed by atoms with Crippen LogP contribution in [0.4, 0.5) is 5.82 Å². The second-order valence-corrected chi connectivity index (χ2v) is 8.23. The number of hydrogen-bond donors (Lipinski definition) is 2. The van der Waals surface area contributed by atoms with E-state index in [1.165, 1.54) is 19.3 Å². The van der Waals surface area contributed by atoms with Gasteiger partial charge in [0.1, 0.15) is 12.1 Å². The van der Waals surface area contributed by atoms with Gasteiger partial charge < -0.3 is 10.6 Å². The fourth-order valence-corrected chi connectivity index (χ4v) is 6.02. The lowest BCUT2D eigenvalue weighted by Gasteiger charge is -2.55. The first-order valence-electron chi connectivity index (χ1n) is 9.07. The molecule has 5 aliphatic rings. The van der Waals surface area contributed by atoms with Crippen molar-refractivity contribution in [2.45, 2.75) is 51.5 Å². The molecular weight excluding hydrogens is 288 g/mol. The average molecular weight is 312 g/mol. The first-order chi connectivity index (χ1) is 11.2. The predicted octanol–water partition coefficient (Wildman–Crippen LogP) is 2.28. The lowest BCUT2D eigenvalue weighted by Crippen LogP contribution is -2.52. The molecule has 0 radical (unpaired) electrons. The summed E-state index contributed by atoms with van der Waals surface area (Å²) in [6.45, 7) is 1.71. The molecule has 5 nitrogen and oxygen atoms in total. The van der Waals surface area contributed by atoms with E-state index in [9.17, 15) is 4.79 Å². The summed E-state index contributed by atoms with van der Waals surface area (Å²) in [5.74, 6) is 3.36. The molecule has 0 atom stereocenters. The van der Waals surface area contributed by atoms with Crippen LogP contribution in [-0.4, -0.2) is 22.4 Å². The summed E-state index contributed by atoms with van der Waals surface area (Å²) in [6.07, 6.45) is 9.86. The fourth-order valence-electron chi connectivity index (χ4n) is 6.02. The summed E-state index contributed by atoms with van der Waals surface area (Å²) in [5.41, 5.74) is 2.05. The minimum absolute atomic E-state index is 0.112. The summed E-state index contributed by atoms with van der Waals surface area (Å²) in [6, 6.07) is 0. The highest BCUT2D eigenvalue weighted by atomic mass is 16.2.